The van der Waals surface area contributed by atoms with Crippen LogP contribution in [0.4, 0.5) is 0 Å². The van der Waals surface area contributed by atoms with E-state index < -0.39 is 0 Å². The number of hydrogen-bond acceptors (Lipinski definition) is 1. The van der Waals surface area contributed by atoms with Crippen LogP contribution in [0, 0.1) is 5.21 Å². The third-order valence-corrected chi connectivity index (χ3v) is 0.942. The Bertz CT molecular complexity index is 167. The molecule has 0 unspecified atom stereocenters. The summed E-state index contributed by atoms with van der Waals surface area (Å²) < 4.78 is 0.756. The maximum atomic E-state index is 10.4. The maximum absolute atomic E-state index is 10.4. The lowest BCUT2D eigenvalue weighted by molar-refractivity contribution is -0.374. The van der Waals surface area contributed by atoms with Crippen molar-refractivity contribution in [3.63, 3.8) is 0 Å². The van der Waals surface area contributed by atoms with Crippen LogP contribution in [-0.2, 0) is 0 Å². The zero-order valence-corrected chi connectivity index (χ0v) is 4.50. The van der Waals surface area contributed by atoms with Gasteiger partial charge in [-0.1, -0.05) is 6.58 Å². The van der Waals surface area contributed by atoms with E-state index in [9.17, 15) is 5.21 Å². The quantitative estimate of drug-likeness (QED) is 0.337. The third kappa shape index (κ3) is 0.964. The van der Waals surface area contributed by atoms with Crippen LogP contribution < -0.4 is 0 Å². The fourth-order valence-electron chi connectivity index (χ4n) is 0.584. The van der Waals surface area contributed by atoms with Crippen molar-refractivity contribution in [1.82, 2.24) is 0 Å². The molecule has 0 atom stereocenters. The fourth-order valence-corrected chi connectivity index (χ4v) is 0.584. The molecule has 0 saturated heterocycles. The van der Waals surface area contributed by atoms with E-state index in [1.165, 1.54) is 12.4 Å². The molecule has 2 heteroatoms. The molecule has 0 amide bonds. The predicted octanol–water partition coefficient (Wildman–Crippen LogP) is 1.04. The molecule has 1 rings (SSSR count). The van der Waals surface area contributed by atoms with Crippen LogP contribution in [0.25, 0.3) is 0 Å². The highest BCUT2D eigenvalue weighted by Gasteiger charge is 1.97. The standard InChI is InChI=1S/C6H7NO/c1-6-3-2-4-7(8)5-6/h2,4-5H,1,3H2. The van der Waals surface area contributed by atoms with E-state index >= 15 is 0 Å². The monoisotopic (exact) mass is 109 g/mol. The molecule has 0 aromatic heterocycles. The second-order valence-electron chi connectivity index (χ2n) is 1.74. The average Bonchev–Trinajstić information content (AvgIpc) is 1.64. The zero-order chi connectivity index (χ0) is 5.98. The minimum absolute atomic E-state index is 0.756. The Kier molecular flexibility index (Phi) is 1.16. The van der Waals surface area contributed by atoms with Gasteiger partial charge in [-0.2, -0.15) is 4.74 Å². The van der Waals surface area contributed by atoms with Gasteiger partial charge in [-0.05, 0) is 6.08 Å². The Morgan fingerprint density at radius 3 is 2.88 bits per heavy atom. The highest BCUT2D eigenvalue weighted by atomic mass is 16.5. The molecular weight excluding hydrogens is 102 g/mol. The first-order valence-electron chi connectivity index (χ1n) is 2.44. The van der Waals surface area contributed by atoms with Crippen molar-refractivity contribution in [3.05, 3.63) is 29.6 Å². The van der Waals surface area contributed by atoms with Gasteiger partial charge in [0, 0.05) is 12.0 Å². The maximum Gasteiger partial charge on any atom is 0.183 e. The summed E-state index contributed by atoms with van der Waals surface area (Å²) >= 11 is 0. The minimum Gasteiger partial charge on any atom is -0.619 e. The average molecular weight is 109 g/mol. The number of rotatable bonds is 0. The Balaban J connectivity index is 2.77. The molecule has 0 radical (unpaired) electrons. The van der Waals surface area contributed by atoms with Crippen molar-refractivity contribution in [2.24, 2.45) is 0 Å². The lowest BCUT2D eigenvalue weighted by Crippen LogP contribution is -2.01. The molecule has 2 nitrogen and oxygen atoms in total. The van der Waals surface area contributed by atoms with Crippen LogP contribution in [0.3, 0.4) is 0 Å². The molecule has 0 spiro atoms. The molecule has 1 heterocycles. The summed E-state index contributed by atoms with van der Waals surface area (Å²) in [4.78, 5) is 0. The van der Waals surface area contributed by atoms with Gasteiger partial charge in [-0.15, -0.1) is 0 Å². The molecule has 0 bridgehead atoms. The molecular formula is C6H7NO. The van der Waals surface area contributed by atoms with Crippen LogP contribution >= 0.6 is 0 Å². The molecule has 8 heavy (non-hydrogen) atoms. The summed E-state index contributed by atoms with van der Waals surface area (Å²) in [6, 6.07) is 0. The zero-order valence-electron chi connectivity index (χ0n) is 4.50. The molecule has 1 aliphatic rings. The normalized spacial score (nSPS) is 18.5. The number of allylic oxidation sites excluding steroid dienone is 2. The molecule has 1 aliphatic heterocycles. The SMILES string of the molecule is C=C1C=[N+]([O-])C=CC1. The summed E-state index contributed by atoms with van der Waals surface area (Å²) in [5.41, 5.74) is 0.863. The highest BCUT2D eigenvalue weighted by Crippen LogP contribution is 1.99. The van der Waals surface area contributed by atoms with Crippen molar-refractivity contribution in [3.8, 4) is 0 Å². The number of hydroxylamine groups is 1. The molecule has 0 aliphatic carbocycles. The summed E-state index contributed by atoms with van der Waals surface area (Å²) in [6.07, 6.45) is 5.54. The molecule has 0 aromatic carbocycles. The number of nitrogens with zero attached hydrogens (tertiary/aromatic N) is 1. The van der Waals surface area contributed by atoms with E-state index in [-0.39, 0.29) is 0 Å². The van der Waals surface area contributed by atoms with E-state index in [1.54, 1.807) is 6.08 Å². The van der Waals surface area contributed by atoms with E-state index in [1.807, 2.05) is 0 Å². The molecule has 42 valence electrons. The van der Waals surface area contributed by atoms with E-state index in [0.29, 0.717) is 0 Å². The van der Waals surface area contributed by atoms with Gasteiger partial charge in [0.1, 0.15) is 0 Å². The van der Waals surface area contributed by atoms with Crippen molar-refractivity contribution in [1.29, 1.82) is 0 Å². The van der Waals surface area contributed by atoms with E-state index in [0.717, 1.165) is 16.7 Å². The van der Waals surface area contributed by atoms with Gasteiger partial charge >= 0.3 is 0 Å². The van der Waals surface area contributed by atoms with Gasteiger partial charge in [-0.3, -0.25) is 0 Å². The Hall–Kier alpha value is -1.05. The highest BCUT2D eigenvalue weighted by molar-refractivity contribution is 5.74. The van der Waals surface area contributed by atoms with Crippen LogP contribution in [0.1, 0.15) is 6.42 Å². The summed E-state index contributed by atoms with van der Waals surface area (Å²) in [7, 11) is 0. The third-order valence-electron chi connectivity index (χ3n) is 0.942. The molecule has 0 saturated carbocycles. The van der Waals surface area contributed by atoms with Crippen LogP contribution in [0.5, 0.6) is 0 Å². The minimum atomic E-state index is 0.756. The summed E-state index contributed by atoms with van der Waals surface area (Å²) in [5, 5.41) is 10.4. The lowest BCUT2D eigenvalue weighted by Gasteiger charge is -2.00. The van der Waals surface area contributed by atoms with Gasteiger partial charge < -0.3 is 5.21 Å². The van der Waals surface area contributed by atoms with E-state index in [4.69, 9.17) is 0 Å². The first-order valence-corrected chi connectivity index (χ1v) is 2.44. The number of hydrogen-bond donors (Lipinski definition) is 0. The fraction of sp³-hybridized carbons (Fsp3) is 0.167. The topological polar surface area (TPSA) is 26.1 Å². The van der Waals surface area contributed by atoms with Gasteiger partial charge in [0.15, 0.2) is 12.4 Å². The van der Waals surface area contributed by atoms with Gasteiger partial charge in [0.2, 0.25) is 0 Å². The van der Waals surface area contributed by atoms with Gasteiger partial charge in [-0.25, -0.2) is 0 Å². The predicted molar refractivity (Wildman–Crippen MR) is 32.6 cm³/mol. The smallest absolute Gasteiger partial charge is 0.183 e. The lowest BCUT2D eigenvalue weighted by atomic mass is 10.2. The second-order valence-corrected chi connectivity index (χ2v) is 1.74. The Morgan fingerprint density at radius 2 is 2.50 bits per heavy atom. The summed E-state index contributed by atoms with van der Waals surface area (Å²) in [6.45, 7) is 3.62. The molecule has 0 aromatic rings. The van der Waals surface area contributed by atoms with Crippen molar-refractivity contribution in [2.75, 3.05) is 0 Å². The van der Waals surface area contributed by atoms with Crippen molar-refractivity contribution in [2.45, 2.75) is 6.42 Å². The molecule has 0 fully saturated rings. The van der Waals surface area contributed by atoms with Crippen LogP contribution in [0.2, 0.25) is 0 Å². The first-order chi connectivity index (χ1) is 3.79. The summed E-state index contributed by atoms with van der Waals surface area (Å²) in [5.74, 6) is 0. The van der Waals surface area contributed by atoms with Gasteiger partial charge in [0.25, 0.3) is 0 Å². The Morgan fingerprint density at radius 1 is 1.75 bits per heavy atom. The van der Waals surface area contributed by atoms with E-state index in [2.05, 4.69) is 6.58 Å². The van der Waals surface area contributed by atoms with Crippen molar-refractivity contribution >= 4 is 6.21 Å². The van der Waals surface area contributed by atoms with Crippen LogP contribution in [0.15, 0.2) is 24.4 Å². The van der Waals surface area contributed by atoms with Crippen molar-refractivity contribution < 1.29 is 4.74 Å². The first kappa shape index (κ1) is 5.09. The largest absolute Gasteiger partial charge is 0.619 e. The molecule has 0 N–H and O–H groups in total. The second kappa shape index (κ2) is 1.82. The van der Waals surface area contributed by atoms with Crippen LogP contribution in [-0.4, -0.2) is 11.0 Å². The Labute approximate surface area is 48.0 Å². The van der Waals surface area contributed by atoms with Gasteiger partial charge in [0.05, 0.1) is 0 Å².